The number of nitrogens with zero attached hydrogens (tertiary/aromatic N) is 1. The minimum atomic E-state index is -0.566. The van der Waals surface area contributed by atoms with E-state index < -0.39 is 5.41 Å². The molecule has 1 aliphatic carbocycles. The average molecular weight is 270 g/mol. The molecule has 2 fully saturated rings. The molecule has 102 valence electrons. The van der Waals surface area contributed by atoms with Crippen LogP contribution < -0.4 is 5.73 Å². The highest BCUT2D eigenvalue weighted by atomic mass is 32.1. The molecule has 0 aromatic carbocycles. The van der Waals surface area contributed by atoms with Gasteiger partial charge in [0.15, 0.2) is 0 Å². The predicted molar refractivity (Wildman–Crippen MR) is 74.1 cm³/mol. The number of aliphatic hydroxyl groups excluding tert-OH is 1. The standard InChI is InChI=1S/C13H22N2O2S/c14-11(18)13(5-1-2-6-13)12(17)15-7-3-10(9-15)4-8-16/h10,16H,1-9H2,(H2,14,18). The Morgan fingerprint density at radius 1 is 1.44 bits per heavy atom. The smallest absolute Gasteiger partial charge is 0.235 e. The molecule has 3 N–H and O–H groups in total. The first kappa shape index (κ1) is 13.7. The van der Waals surface area contributed by atoms with Crippen LogP contribution >= 0.6 is 12.2 Å². The number of rotatable bonds is 4. The van der Waals surface area contributed by atoms with Crippen LogP contribution in [0.2, 0.25) is 0 Å². The molecule has 0 aromatic rings. The molecule has 1 unspecified atom stereocenters. The molecule has 1 aliphatic heterocycles. The van der Waals surface area contributed by atoms with Gasteiger partial charge in [0.2, 0.25) is 5.91 Å². The minimum absolute atomic E-state index is 0.132. The number of amides is 1. The Balaban J connectivity index is 2.04. The van der Waals surface area contributed by atoms with Crippen molar-refractivity contribution in [1.82, 2.24) is 4.90 Å². The normalized spacial score (nSPS) is 26.5. The second kappa shape index (κ2) is 5.53. The second-order valence-corrected chi connectivity index (χ2v) is 6.01. The van der Waals surface area contributed by atoms with E-state index in [1.54, 1.807) is 0 Å². The molecule has 2 aliphatic rings. The first-order valence-corrected chi connectivity index (χ1v) is 7.21. The Morgan fingerprint density at radius 2 is 2.11 bits per heavy atom. The lowest BCUT2D eigenvalue weighted by atomic mass is 9.84. The average Bonchev–Trinajstić information content (AvgIpc) is 2.97. The molecule has 0 bridgehead atoms. The number of hydrogen-bond donors (Lipinski definition) is 2. The van der Waals surface area contributed by atoms with Crippen molar-refractivity contribution in [3.05, 3.63) is 0 Å². The molecule has 5 heteroatoms. The summed E-state index contributed by atoms with van der Waals surface area (Å²) in [5, 5.41) is 8.96. The molecule has 4 nitrogen and oxygen atoms in total. The topological polar surface area (TPSA) is 66.6 Å². The van der Waals surface area contributed by atoms with E-state index in [4.69, 9.17) is 23.1 Å². The highest BCUT2D eigenvalue weighted by Gasteiger charge is 2.47. The van der Waals surface area contributed by atoms with Gasteiger partial charge in [0.05, 0.1) is 10.4 Å². The summed E-state index contributed by atoms with van der Waals surface area (Å²) >= 11 is 5.15. The monoisotopic (exact) mass is 270 g/mol. The summed E-state index contributed by atoms with van der Waals surface area (Å²) in [6.07, 6.45) is 5.46. The van der Waals surface area contributed by atoms with Gasteiger partial charge in [-0.1, -0.05) is 25.1 Å². The summed E-state index contributed by atoms with van der Waals surface area (Å²) in [5.74, 6) is 0.566. The molecular formula is C13H22N2O2S. The van der Waals surface area contributed by atoms with Crippen LogP contribution in [0.1, 0.15) is 38.5 Å². The maximum absolute atomic E-state index is 12.7. The molecule has 1 heterocycles. The van der Waals surface area contributed by atoms with E-state index in [1.165, 1.54) is 0 Å². The van der Waals surface area contributed by atoms with Gasteiger partial charge in [0.1, 0.15) is 0 Å². The van der Waals surface area contributed by atoms with Crippen molar-refractivity contribution in [3.8, 4) is 0 Å². The van der Waals surface area contributed by atoms with Crippen molar-refractivity contribution in [2.75, 3.05) is 19.7 Å². The van der Waals surface area contributed by atoms with Crippen LogP contribution in [0.4, 0.5) is 0 Å². The zero-order valence-electron chi connectivity index (χ0n) is 10.7. The maximum Gasteiger partial charge on any atom is 0.235 e. The summed E-state index contributed by atoms with van der Waals surface area (Å²) in [7, 11) is 0. The van der Waals surface area contributed by atoms with E-state index in [1.807, 2.05) is 4.90 Å². The molecule has 1 atom stereocenters. The number of hydrogen-bond acceptors (Lipinski definition) is 3. The third-order valence-corrected chi connectivity index (χ3v) is 4.84. The van der Waals surface area contributed by atoms with Gasteiger partial charge >= 0.3 is 0 Å². The van der Waals surface area contributed by atoms with Crippen molar-refractivity contribution in [2.24, 2.45) is 17.1 Å². The lowest BCUT2D eigenvalue weighted by molar-refractivity contribution is -0.137. The third-order valence-electron chi connectivity index (χ3n) is 4.45. The zero-order chi connectivity index (χ0) is 13.2. The van der Waals surface area contributed by atoms with E-state index in [-0.39, 0.29) is 12.5 Å². The van der Waals surface area contributed by atoms with Gasteiger partial charge in [0.25, 0.3) is 0 Å². The molecule has 0 spiro atoms. The number of thiocarbonyl (C=S) groups is 1. The van der Waals surface area contributed by atoms with Gasteiger partial charge in [-0.15, -0.1) is 0 Å². The quantitative estimate of drug-likeness (QED) is 0.750. The largest absolute Gasteiger partial charge is 0.396 e. The van der Waals surface area contributed by atoms with Crippen molar-refractivity contribution in [1.29, 1.82) is 0 Å². The lowest BCUT2D eigenvalue weighted by Crippen LogP contribution is -2.48. The fourth-order valence-electron chi connectivity index (χ4n) is 3.28. The van der Waals surface area contributed by atoms with Crippen molar-refractivity contribution >= 4 is 23.1 Å². The highest BCUT2D eigenvalue weighted by Crippen LogP contribution is 2.41. The van der Waals surface area contributed by atoms with E-state index in [2.05, 4.69) is 0 Å². The summed E-state index contributed by atoms with van der Waals surface area (Å²) in [6, 6.07) is 0. The van der Waals surface area contributed by atoms with Crippen LogP contribution in [0.15, 0.2) is 0 Å². The van der Waals surface area contributed by atoms with E-state index >= 15 is 0 Å². The first-order chi connectivity index (χ1) is 8.60. The first-order valence-electron chi connectivity index (χ1n) is 6.80. The molecular weight excluding hydrogens is 248 g/mol. The third kappa shape index (κ3) is 2.38. The van der Waals surface area contributed by atoms with Crippen LogP contribution in [0, 0.1) is 11.3 Å². The van der Waals surface area contributed by atoms with Gasteiger partial charge in [0, 0.05) is 19.7 Å². The molecule has 0 radical (unpaired) electrons. The van der Waals surface area contributed by atoms with Crippen LogP contribution in [-0.2, 0) is 4.79 Å². The van der Waals surface area contributed by atoms with Crippen molar-refractivity contribution in [2.45, 2.75) is 38.5 Å². The number of nitrogens with two attached hydrogens (primary N) is 1. The van der Waals surface area contributed by atoms with Crippen LogP contribution in [-0.4, -0.2) is 40.6 Å². The Bertz CT molecular complexity index is 340. The van der Waals surface area contributed by atoms with Gasteiger partial charge in [-0.25, -0.2) is 0 Å². The molecule has 1 saturated carbocycles. The Labute approximate surface area is 114 Å². The number of carbonyl (C=O) groups excluding carboxylic acids is 1. The highest BCUT2D eigenvalue weighted by molar-refractivity contribution is 7.80. The predicted octanol–water partition coefficient (Wildman–Crippen LogP) is 1.06. The lowest BCUT2D eigenvalue weighted by Gasteiger charge is -2.31. The molecule has 18 heavy (non-hydrogen) atoms. The number of carbonyl (C=O) groups is 1. The zero-order valence-corrected chi connectivity index (χ0v) is 11.5. The molecule has 1 saturated heterocycles. The van der Waals surface area contributed by atoms with E-state index in [9.17, 15) is 4.79 Å². The Hall–Kier alpha value is -0.680. The van der Waals surface area contributed by atoms with Crippen LogP contribution in [0.25, 0.3) is 0 Å². The van der Waals surface area contributed by atoms with Crippen LogP contribution in [0.5, 0.6) is 0 Å². The minimum Gasteiger partial charge on any atom is -0.396 e. The summed E-state index contributed by atoms with van der Waals surface area (Å²) in [5.41, 5.74) is 5.27. The maximum atomic E-state index is 12.7. The van der Waals surface area contributed by atoms with E-state index in [0.29, 0.717) is 10.9 Å². The molecule has 1 amide bonds. The summed E-state index contributed by atoms with van der Waals surface area (Å²) < 4.78 is 0. The second-order valence-electron chi connectivity index (χ2n) is 5.57. The van der Waals surface area contributed by atoms with Crippen LogP contribution in [0.3, 0.4) is 0 Å². The Morgan fingerprint density at radius 3 is 2.67 bits per heavy atom. The van der Waals surface area contributed by atoms with E-state index in [0.717, 1.165) is 51.6 Å². The van der Waals surface area contributed by atoms with Gasteiger partial charge in [-0.05, 0) is 31.6 Å². The van der Waals surface area contributed by atoms with Crippen molar-refractivity contribution < 1.29 is 9.90 Å². The Kier molecular flexibility index (Phi) is 4.22. The fourth-order valence-corrected chi connectivity index (χ4v) is 3.57. The van der Waals surface area contributed by atoms with Crippen molar-refractivity contribution in [3.63, 3.8) is 0 Å². The SMILES string of the molecule is NC(=S)C1(C(=O)N2CCC(CCO)C2)CCCC1. The van der Waals surface area contributed by atoms with Gasteiger partial charge in [-0.2, -0.15) is 0 Å². The van der Waals surface area contributed by atoms with Gasteiger partial charge in [-0.3, -0.25) is 4.79 Å². The molecule has 0 aromatic heterocycles. The molecule has 2 rings (SSSR count). The van der Waals surface area contributed by atoms with Gasteiger partial charge < -0.3 is 15.7 Å². The fraction of sp³-hybridized carbons (Fsp3) is 0.846. The summed E-state index contributed by atoms with van der Waals surface area (Å²) in [4.78, 5) is 14.9. The number of likely N-dealkylation sites (tertiary alicyclic amines) is 1. The number of aliphatic hydroxyl groups is 1. The summed E-state index contributed by atoms with van der Waals surface area (Å²) in [6.45, 7) is 1.74.